The van der Waals surface area contributed by atoms with Crippen molar-refractivity contribution in [3.63, 3.8) is 0 Å². The van der Waals surface area contributed by atoms with Gasteiger partial charge in [-0.2, -0.15) is 0 Å². The number of hydrogen-bond donors (Lipinski definition) is 1. The first kappa shape index (κ1) is 12.3. The Hall–Kier alpha value is -1.13. The van der Waals surface area contributed by atoms with Crippen LogP contribution in [0.3, 0.4) is 0 Å². The third-order valence-electron chi connectivity index (χ3n) is 2.73. The Labute approximate surface area is 108 Å². The van der Waals surface area contributed by atoms with Gasteiger partial charge < -0.3 is 15.0 Å². The van der Waals surface area contributed by atoms with Crippen molar-refractivity contribution in [2.45, 2.75) is 26.1 Å². The molecule has 4 heteroatoms. The summed E-state index contributed by atoms with van der Waals surface area (Å²) in [5.74, 6) is 0. The number of morpholine rings is 1. The molecule has 1 aliphatic heterocycles. The van der Waals surface area contributed by atoms with Gasteiger partial charge in [0.25, 0.3) is 0 Å². The van der Waals surface area contributed by atoms with E-state index in [1.54, 1.807) is 0 Å². The molecule has 1 aromatic carbocycles. The molecule has 17 heavy (non-hydrogen) atoms. The summed E-state index contributed by atoms with van der Waals surface area (Å²) in [6, 6.07) is 10.0. The van der Waals surface area contributed by atoms with Crippen LogP contribution in [0.2, 0.25) is 0 Å². The van der Waals surface area contributed by atoms with Crippen LogP contribution < -0.4 is 5.32 Å². The average molecular weight is 250 g/mol. The van der Waals surface area contributed by atoms with Crippen LogP contribution >= 0.6 is 12.2 Å². The highest BCUT2D eigenvalue weighted by Gasteiger charge is 2.23. The molecule has 1 saturated heterocycles. The van der Waals surface area contributed by atoms with E-state index in [-0.39, 0.29) is 12.2 Å². The van der Waals surface area contributed by atoms with E-state index in [1.165, 1.54) is 0 Å². The Morgan fingerprint density at radius 1 is 1.24 bits per heavy atom. The Balaban J connectivity index is 1.96. The van der Waals surface area contributed by atoms with Crippen LogP contribution in [0.25, 0.3) is 0 Å². The van der Waals surface area contributed by atoms with Crippen LogP contribution in [0.5, 0.6) is 0 Å². The molecule has 0 saturated carbocycles. The molecule has 1 N–H and O–H groups in total. The fraction of sp³-hybridized carbons (Fsp3) is 0.462. The summed E-state index contributed by atoms with van der Waals surface area (Å²) in [5, 5.41) is 4.03. The van der Waals surface area contributed by atoms with E-state index < -0.39 is 0 Å². The first-order chi connectivity index (χ1) is 8.15. The SMILES string of the molecule is C[C@H]1CN(C(=S)Nc2ccccc2)C[C@H](C)O1. The van der Waals surface area contributed by atoms with Gasteiger partial charge in [-0.3, -0.25) is 0 Å². The highest BCUT2D eigenvalue weighted by Crippen LogP contribution is 2.13. The number of benzene rings is 1. The second-order valence-electron chi connectivity index (χ2n) is 4.46. The highest BCUT2D eigenvalue weighted by atomic mass is 32.1. The summed E-state index contributed by atoms with van der Waals surface area (Å²) >= 11 is 5.42. The third kappa shape index (κ3) is 3.41. The van der Waals surface area contributed by atoms with E-state index in [4.69, 9.17) is 17.0 Å². The van der Waals surface area contributed by atoms with Gasteiger partial charge in [0.15, 0.2) is 5.11 Å². The van der Waals surface area contributed by atoms with E-state index in [2.05, 4.69) is 24.1 Å². The minimum Gasteiger partial charge on any atom is -0.372 e. The normalized spacial score (nSPS) is 24.5. The molecule has 0 spiro atoms. The maximum atomic E-state index is 5.69. The van der Waals surface area contributed by atoms with E-state index >= 15 is 0 Å². The Bertz CT molecular complexity index is 372. The molecule has 1 aromatic rings. The Morgan fingerprint density at radius 2 is 1.82 bits per heavy atom. The van der Waals surface area contributed by atoms with Crippen molar-refractivity contribution in [1.82, 2.24) is 4.90 Å². The number of anilines is 1. The molecule has 0 unspecified atom stereocenters. The van der Waals surface area contributed by atoms with Gasteiger partial charge in [-0.25, -0.2) is 0 Å². The lowest BCUT2D eigenvalue weighted by molar-refractivity contribution is -0.0473. The van der Waals surface area contributed by atoms with E-state index in [1.807, 2.05) is 30.3 Å². The Kier molecular flexibility index (Phi) is 3.97. The zero-order valence-corrected chi connectivity index (χ0v) is 11.0. The highest BCUT2D eigenvalue weighted by molar-refractivity contribution is 7.80. The molecule has 0 aromatic heterocycles. The summed E-state index contributed by atoms with van der Waals surface area (Å²) in [5.41, 5.74) is 1.03. The number of para-hydroxylation sites is 1. The van der Waals surface area contributed by atoms with Gasteiger partial charge in [0.1, 0.15) is 0 Å². The molecule has 0 radical (unpaired) electrons. The first-order valence-electron chi connectivity index (χ1n) is 5.91. The van der Waals surface area contributed by atoms with Crippen LogP contribution in [-0.4, -0.2) is 35.3 Å². The molecule has 1 fully saturated rings. The lowest BCUT2D eigenvalue weighted by Crippen LogP contribution is -2.49. The van der Waals surface area contributed by atoms with E-state index in [0.29, 0.717) is 0 Å². The van der Waals surface area contributed by atoms with Crippen LogP contribution in [0.15, 0.2) is 30.3 Å². The topological polar surface area (TPSA) is 24.5 Å². The van der Waals surface area contributed by atoms with Crippen molar-refractivity contribution < 1.29 is 4.74 Å². The summed E-state index contributed by atoms with van der Waals surface area (Å²) in [7, 11) is 0. The lowest BCUT2D eigenvalue weighted by Gasteiger charge is -2.36. The molecule has 0 aliphatic carbocycles. The van der Waals surface area contributed by atoms with E-state index in [0.717, 1.165) is 23.9 Å². The summed E-state index contributed by atoms with van der Waals surface area (Å²) in [4.78, 5) is 2.17. The third-order valence-corrected chi connectivity index (χ3v) is 3.09. The maximum absolute atomic E-state index is 5.69. The summed E-state index contributed by atoms with van der Waals surface area (Å²) < 4.78 is 5.69. The molecule has 1 heterocycles. The summed E-state index contributed by atoms with van der Waals surface area (Å²) in [6.45, 7) is 5.85. The number of nitrogens with zero attached hydrogens (tertiary/aromatic N) is 1. The smallest absolute Gasteiger partial charge is 0.173 e. The van der Waals surface area contributed by atoms with Crippen LogP contribution in [0.4, 0.5) is 5.69 Å². The van der Waals surface area contributed by atoms with Crippen molar-refractivity contribution in [1.29, 1.82) is 0 Å². The van der Waals surface area contributed by atoms with Crippen LogP contribution in [-0.2, 0) is 4.74 Å². The first-order valence-corrected chi connectivity index (χ1v) is 6.32. The number of hydrogen-bond acceptors (Lipinski definition) is 2. The monoisotopic (exact) mass is 250 g/mol. The van der Waals surface area contributed by atoms with Gasteiger partial charge in [0.2, 0.25) is 0 Å². The minimum atomic E-state index is 0.231. The van der Waals surface area contributed by atoms with Gasteiger partial charge in [-0.15, -0.1) is 0 Å². The zero-order chi connectivity index (χ0) is 12.3. The summed E-state index contributed by atoms with van der Waals surface area (Å²) in [6.07, 6.45) is 0.462. The molecule has 2 rings (SSSR count). The molecular weight excluding hydrogens is 232 g/mol. The van der Waals surface area contributed by atoms with Gasteiger partial charge in [0, 0.05) is 18.8 Å². The average Bonchev–Trinajstić information content (AvgIpc) is 2.29. The number of ether oxygens (including phenoxy) is 1. The van der Waals surface area contributed by atoms with Crippen LogP contribution in [0, 0.1) is 0 Å². The molecule has 3 nitrogen and oxygen atoms in total. The lowest BCUT2D eigenvalue weighted by atomic mass is 10.2. The van der Waals surface area contributed by atoms with Gasteiger partial charge >= 0.3 is 0 Å². The van der Waals surface area contributed by atoms with Crippen molar-refractivity contribution in [3.8, 4) is 0 Å². The second-order valence-corrected chi connectivity index (χ2v) is 4.85. The fourth-order valence-electron chi connectivity index (χ4n) is 2.07. The van der Waals surface area contributed by atoms with Crippen LogP contribution in [0.1, 0.15) is 13.8 Å². The molecular formula is C13H18N2OS. The van der Waals surface area contributed by atoms with Gasteiger partial charge in [0.05, 0.1) is 12.2 Å². The number of thiocarbonyl (C=S) groups is 1. The van der Waals surface area contributed by atoms with Crippen molar-refractivity contribution in [2.75, 3.05) is 18.4 Å². The molecule has 0 bridgehead atoms. The Morgan fingerprint density at radius 3 is 2.41 bits per heavy atom. The van der Waals surface area contributed by atoms with Crippen molar-refractivity contribution >= 4 is 23.0 Å². The molecule has 2 atom stereocenters. The van der Waals surface area contributed by atoms with Gasteiger partial charge in [-0.1, -0.05) is 18.2 Å². The predicted molar refractivity (Wildman–Crippen MR) is 74.2 cm³/mol. The van der Waals surface area contributed by atoms with Gasteiger partial charge in [-0.05, 0) is 38.2 Å². The fourth-order valence-corrected chi connectivity index (χ4v) is 2.33. The minimum absolute atomic E-state index is 0.231. The maximum Gasteiger partial charge on any atom is 0.173 e. The number of nitrogens with one attached hydrogen (secondary N) is 1. The van der Waals surface area contributed by atoms with E-state index in [9.17, 15) is 0 Å². The quantitative estimate of drug-likeness (QED) is 0.774. The molecule has 0 amide bonds. The van der Waals surface area contributed by atoms with Crippen molar-refractivity contribution in [2.24, 2.45) is 0 Å². The largest absolute Gasteiger partial charge is 0.372 e. The van der Waals surface area contributed by atoms with Crippen molar-refractivity contribution in [3.05, 3.63) is 30.3 Å². The molecule has 92 valence electrons. The standard InChI is InChI=1S/C13H18N2OS/c1-10-8-15(9-11(2)16-10)13(17)14-12-6-4-3-5-7-12/h3-7,10-11H,8-9H2,1-2H3,(H,14,17)/t10-,11-/m0/s1. The second kappa shape index (κ2) is 5.47. The predicted octanol–water partition coefficient (Wildman–Crippen LogP) is 2.49. The molecule has 1 aliphatic rings. The number of rotatable bonds is 1. The zero-order valence-electron chi connectivity index (χ0n) is 10.2.